The molecule has 0 saturated carbocycles. The van der Waals surface area contributed by atoms with Crippen LogP contribution in [-0.4, -0.2) is 38.6 Å². The molecule has 4 rings (SSSR count). The molecule has 5 nitrogen and oxygen atoms in total. The van der Waals surface area contributed by atoms with Gasteiger partial charge in [-0.25, -0.2) is 8.42 Å². The molecule has 2 heterocycles. The highest BCUT2D eigenvalue weighted by Crippen LogP contribution is 2.32. The van der Waals surface area contributed by atoms with Crippen LogP contribution in [-0.2, 0) is 10.0 Å². The number of fused-ring (bicyclic) bond motifs is 1. The van der Waals surface area contributed by atoms with Crippen LogP contribution < -0.4 is 4.74 Å². The van der Waals surface area contributed by atoms with Crippen molar-refractivity contribution in [2.24, 2.45) is 4.40 Å². The maximum atomic E-state index is 11.9. The molecule has 0 saturated heterocycles. The van der Waals surface area contributed by atoms with E-state index in [0.717, 1.165) is 28.0 Å². The molecule has 2 aliphatic heterocycles. The van der Waals surface area contributed by atoms with E-state index in [2.05, 4.69) is 4.40 Å². The molecular formula is C20H18N2O3S. The lowest BCUT2D eigenvalue weighted by molar-refractivity contribution is 0.416. The smallest absolute Gasteiger partial charge is 0.256 e. The van der Waals surface area contributed by atoms with Crippen molar-refractivity contribution in [1.82, 2.24) is 4.90 Å². The first kappa shape index (κ1) is 16.6. The summed E-state index contributed by atoms with van der Waals surface area (Å²) in [5, 5.41) is 0. The lowest BCUT2D eigenvalue weighted by Gasteiger charge is -2.29. The molecule has 0 amide bonds. The lowest BCUT2D eigenvalue weighted by atomic mass is 9.98. The van der Waals surface area contributed by atoms with E-state index >= 15 is 0 Å². The molecule has 6 heteroatoms. The van der Waals surface area contributed by atoms with Crippen LogP contribution in [0.3, 0.4) is 0 Å². The molecule has 0 aliphatic carbocycles. The van der Waals surface area contributed by atoms with E-state index < -0.39 is 10.0 Å². The van der Waals surface area contributed by atoms with Gasteiger partial charge in [-0.2, -0.15) is 0 Å². The number of allylic oxidation sites excluding steroid dienone is 2. The zero-order valence-electron chi connectivity index (χ0n) is 14.3. The third-order valence-corrected chi connectivity index (χ3v) is 5.62. The zero-order valence-corrected chi connectivity index (χ0v) is 15.1. The molecule has 0 radical (unpaired) electrons. The van der Waals surface area contributed by atoms with Gasteiger partial charge in [0.25, 0.3) is 10.0 Å². The minimum atomic E-state index is -3.40. The topological polar surface area (TPSA) is 59.0 Å². The summed E-state index contributed by atoms with van der Waals surface area (Å²) in [7, 11) is -1.74. The van der Waals surface area contributed by atoms with Gasteiger partial charge in [-0.1, -0.05) is 42.5 Å². The number of rotatable bonds is 3. The van der Waals surface area contributed by atoms with Gasteiger partial charge in [0.1, 0.15) is 5.75 Å². The van der Waals surface area contributed by atoms with Crippen LogP contribution >= 0.6 is 0 Å². The van der Waals surface area contributed by atoms with Crippen LogP contribution in [0.2, 0.25) is 0 Å². The Labute approximate surface area is 153 Å². The Morgan fingerprint density at radius 1 is 1.04 bits per heavy atom. The number of methoxy groups -OCH3 is 1. The number of hydrogen-bond donors (Lipinski definition) is 0. The minimum absolute atomic E-state index is 0.0425. The predicted molar refractivity (Wildman–Crippen MR) is 103 cm³/mol. The van der Waals surface area contributed by atoms with E-state index in [-0.39, 0.29) is 5.75 Å². The molecule has 132 valence electrons. The van der Waals surface area contributed by atoms with E-state index in [1.165, 1.54) is 0 Å². The number of benzene rings is 2. The zero-order chi connectivity index (χ0) is 18.1. The van der Waals surface area contributed by atoms with Crippen molar-refractivity contribution in [2.75, 3.05) is 19.4 Å². The Bertz CT molecular complexity index is 1030. The number of para-hydroxylation sites is 1. The maximum absolute atomic E-state index is 11.9. The summed E-state index contributed by atoms with van der Waals surface area (Å²) in [6.07, 6.45) is 5.68. The second-order valence-corrected chi connectivity index (χ2v) is 7.85. The summed E-state index contributed by atoms with van der Waals surface area (Å²) in [5.41, 5.74) is 3.78. The van der Waals surface area contributed by atoms with Crippen LogP contribution in [0, 0.1) is 0 Å². The third-order valence-electron chi connectivity index (χ3n) is 4.47. The fraction of sp³-hybridized carbons (Fsp3) is 0.150. The highest BCUT2D eigenvalue weighted by molar-refractivity contribution is 7.90. The SMILES string of the molecule is COc1ccccc1-c1ccc(C2=CC=CN3CCS(=O)(=O)N=C23)cc1. The standard InChI is InChI=1S/C20H18N2O3S/c1-25-19-7-3-2-5-17(19)15-8-10-16(11-9-15)18-6-4-12-22-13-14-26(23,24)21-20(18)22/h2-12H,13-14H2,1H3. The largest absolute Gasteiger partial charge is 0.496 e. The van der Waals surface area contributed by atoms with Gasteiger partial charge < -0.3 is 9.64 Å². The Kier molecular flexibility index (Phi) is 4.12. The van der Waals surface area contributed by atoms with Crippen LogP contribution in [0.1, 0.15) is 5.56 Å². The molecule has 2 aromatic carbocycles. The summed E-state index contributed by atoms with van der Waals surface area (Å²) in [5.74, 6) is 1.35. The van der Waals surface area contributed by atoms with Crippen LogP contribution in [0.5, 0.6) is 5.75 Å². The molecule has 0 atom stereocenters. The number of ether oxygens (including phenoxy) is 1. The van der Waals surface area contributed by atoms with Crippen molar-refractivity contribution < 1.29 is 13.2 Å². The Morgan fingerprint density at radius 3 is 2.54 bits per heavy atom. The van der Waals surface area contributed by atoms with Crippen LogP contribution in [0.4, 0.5) is 0 Å². The summed E-state index contributed by atoms with van der Waals surface area (Å²) in [6, 6.07) is 15.8. The maximum Gasteiger partial charge on any atom is 0.256 e. The van der Waals surface area contributed by atoms with Crippen molar-refractivity contribution in [2.45, 2.75) is 0 Å². The van der Waals surface area contributed by atoms with Crippen molar-refractivity contribution >= 4 is 21.4 Å². The van der Waals surface area contributed by atoms with Crippen molar-refractivity contribution in [3.05, 3.63) is 72.4 Å². The highest BCUT2D eigenvalue weighted by Gasteiger charge is 2.27. The molecule has 26 heavy (non-hydrogen) atoms. The molecule has 0 aromatic heterocycles. The summed E-state index contributed by atoms with van der Waals surface area (Å²) in [6.45, 7) is 0.425. The summed E-state index contributed by atoms with van der Waals surface area (Å²) in [4.78, 5) is 1.88. The third kappa shape index (κ3) is 3.04. The number of hydrogen-bond acceptors (Lipinski definition) is 4. The predicted octanol–water partition coefficient (Wildman–Crippen LogP) is 3.32. The molecule has 0 N–H and O–H groups in total. The Morgan fingerprint density at radius 2 is 1.77 bits per heavy atom. The van der Waals surface area contributed by atoms with Gasteiger partial charge in [0.15, 0.2) is 5.84 Å². The fourth-order valence-corrected chi connectivity index (χ4v) is 4.14. The first-order valence-electron chi connectivity index (χ1n) is 8.29. The Hall–Kier alpha value is -2.86. The average molecular weight is 366 g/mol. The van der Waals surface area contributed by atoms with Crippen molar-refractivity contribution in [1.29, 1.82) is 0 Å². The first-order valence-corrected chi connectivity index (χ1v) is 9.90. The molecule has 2 aliphatic rings. The van der Waals surface area contributed by atoms with Gasteiger partial charge in [-0.3, -0.25) is 0 Å². The van der Waals surface area contributed by atoms with Crippen molar-refractivity contribution in [3.8, 4) is 16.9 Å². The molecule has 0 unspecified atom stereocenters. The summed E-state index contributed by atoms with van der Waals surface area (Å²) >= 11 is 0. The molecule has 0 spiro atoms. The average Bonchev–Trinajstić information content (AvgIpc) is 2.67. The Balaban J connectivity index is 1.72. The number of nitrogens with zero attached hydrogens (tertiary/aromatic N) is 2. The lowest BCUT2D eigenvalue weighted by Crippen LogP contribution is -2.37. The fourth-order valence-electron chi connectivity index (χ4n) is 3.15. The van der Waals surface area contributed by atoms with E-state index in [9.17, 15) is 8.42 Å². The molecule has 0 fully saturated rings. The van der Waals surface area contributed by atoms with Crippen molar-refractivity contribution in [3.63, 3.8) is 0 Å². The van der Waals surface area contributed by atoms with Crippen LogP contribution in [0.25, 0.3) is 16.7 Å². The first-order chi connectivity index (χ1) is 12.6. The van der Waals surface area contributed by atoms with Gasteiger partial charge in [0.2, 0.25) is 0 Å². The number of sulfonamides is 1. The molecule has 0 bridgehead atoms. The summed E-state index contributed by atoms with van der Waals surface area (Å²) < 4.78 is 33.2. The van der Waals surface area contributed by atoms with E-state index in [1.807, 2.05) is 71.8 Å². The number of amidine groups is 1. The van der Waals surface area contributed by atoms with Crippen LogP contribution in [0.15, 0.2) is 71.3 Å². The van der Waals surface area contributed by atoms with Gasteiger partial charge in [0, 0.05) is 23.9 Å². The highest BCUT2D eigenvalue weighted by atomic mass is 32.2. The normalized spacial score (nSPS) is 18.0. The van der Waals surface area contributed by atoms with E-state index in [4.69, 9.17) is 4.74 Å². The quantitative estimate of drug-likeness (QED) is 0.836. The van der Waals surface area contributed by atoms with Gasteiger partial charge in [-0.05, 0) is 29.3 Å². The molecule has 2 aromatic rings. The minimum Gasteiger partial charge on any atom is -0.496 e. The monoisotopic (exact) mass is 366 g/mol. The molecular weight excluding hydrogens is 348 g/mol. The second kappa shape index (κ2) is 6.46. The van der Waals surface area contributed by atoms with E-state index in [0.29, 0.717) is 12.4 Å². The van der Waals surface area contributed by atoms with Gasteiger partial charge >= 0.3 is 0 Å². The van der Waals surface area contributed by atoms with E-state index in [1.54, 1.807) is 7.11 Å². The van der Waals surface area contributed by atoms with Gasteiger partial charge in [0.05, 0.1) is 12.9 Å². The second-order valence-electron chi connectivity index (χ2n) is 6.09. The van der Waals surface area contributed by atoms with Gasteiger partial charge in [-0.15, -0.1) is 4.40 Å².